The molecular formula is C18H15NO5. The standard InChI is InChI=1S/C18H15NO5/c19-12-11-16(23-15-9-5-2-6-10-15)18(21)24-17(20)13-22-14-7-3-1-4-8-14/h1-10,16H,11,13H2. The Labute approximate surface area is 139 Å². The first-order chi connectivity index (χ1) is 11.7. The molecule has 0 spiro atoms. The smallest absolute Gasteiger partial charge is 0.356 e. The average molecular weight is 325 g/mol. The molecule has 0 saturated heterocycles. The van der Waals surface area contributed by atoms with Crippen molar-refractivity contribution in [3.63, 3.8) is 0 Å². The highest BCUT2D eigenvalue weighted by molar-refractivity contribution is 5.88. The van der Waals surface area contributed by atoms with Crippen LogP contribution < -0.4 is 9.47 Å². The Morgan fingerprint density at radius 2 is 1.54 bits per heavy atom. The second kappa shape index (κ2) is 8.96. The molecule has 2 rings (SSSR count). The predicted octanol–water partition coefficient (Wildman–Crippen LogP) is 2.50. The van der Waals surface area contributed by atoms with E-state index in [4.69, 9.17) is 14.7 Å². The molecule has 122 valence electrons. The Morgan fingerprint density at radius 1 is 0.958 bits per heavy atom. The fourth-order valence-corrected chi connectivity index (χ4v) is 1.79. The second-order valence-electron chi connectivity index (χ2n) is 4.68. The Hall–Kier alpha value is -3.33. The molecule has 0 aliphatic heterocycles. The first kappa shape index (κ1) is 17.0. The number of rotatable bonds is 7. The van der Waals surface area contributed by atoms with Gasteiger partial charge in [-0.05, 0) is 24.3 Å². The lowest BCUT2D eigenvalue weighted by atomic mass is 10.2. The molecule has 0 saturated carbocycles. The van der Waals surface area contributed by atoms with Gasteiger partial charge in [-0.3, -0.25) is 0 Å². The van der Waals surface area contributed by atoms with Crippen molar-refractivity contribution in [2.24, 2.45) is 0 Å². The molecule has 0 fully saturated rings. The molecule has 2 aromatic carbocycles. The van der Waals surface area contributed by atoms with Crippen LogP contribution >= 0.6 is 0 Å². The van der Waals surface area contributed by atoms with Crippen molar-refractivity contribution < 1.29 is 23.8 Å². The highest BCUT2D eigenvalue weighted by atomic mass is 16.6. The highest BCUT2D eigenvalue weighted by Gasteiger charge is 2.25. The molecule has 24 heavy (non-hydrogen) atoms. The van der Waals surface area contributed by atoms with Gasteiger partial charge in [-0.2, -0.15) is 5.26 Å². The minimum absolute atomic E-state index is 0.236. The van der Waals surface area contributed by atoms with Crippen molar-refractivity contribution in [2.75, 3.05) is 6.61 Å². The molecular weight excluding hydrogens is 310 g/mol. The van der Waals surface area contributed by atoms with E-state index in [1.54, 1.807) is 54.6 Å². The molecule has 1 atom stereocenters. The SMILES string of the molecule is N#CCC(Oc1ccccc1)C(=O)OC(=O)COc1ccccc1. The Balaban J connectivity index is 1.87. The van der Waals surface area contributed by atoms with Crippen LogP contribution in [0, 0.1) is 11.3 Å². The lowest BCUT2D eigenvalue weighted by Crippen LogP contribution is -2.32. The molecule has 0 N–H and O–H groups in total. The van der Waals surface area contributed by atoms with Crippen LogP contribution in [0.3, 0.4) is 0 Å². The average Bonchev–Trinajstić information content (AvgIpc) is 2.61. The van der Waals surface area contributed by atoms with Crippen molar-refractivity contribution in [3.05, 3.63) is 60.7 Å². The van der Waals surface area contributed by atoms with Crippen LogP contribution in [0.1, 0.15) is 6.42 Å². The van der Waals surface area contributed by atoms with Crippen LogP contribution in [-0.4, -0.2) is 24.6 Å². The van der Waals surface area contributed by atoms with Crippen LogP contribution in [0.5, 0.6) is 11.5 Å². The van der Waals surface area contributed by atoms with Crippen molar-refractivity contribution in [2.45, 2.75) is 12.5 Å². The van der Waals surface area contributed by atoms with Gasteiger partial charge in [0, 0.05) is 0 Å². The lowest BCUT2D eigenvalue weighted by Gasteiger charge is -2.14. The number of benzene rings is 2. The summed E-state index contributed by atoms with van der Waals surface area (Å²) in [6, 6.07) is 19.0. The van der Waals surface area contributed by atoms with Crippen molar-refractivity contribution in [3.8, 4) is 17.6 Å². The maximum atomic E-state index is 12.0. The van der Waals surface area contributed by atoms with E-state index in [0.29, 0.717) is 11.5 Å². The minimum atomic E-state index is -1.18. The van der Waals surface area contributed by atoms with Crippen molar-refractivity contribution >= 4 is 11.9 Å². The zero-order valence-corrected chi connectivity index (χ0v) is 12.8. The van der Waals surface area contributed by atoms with Crippen LogP contribution in [0.15, 0.2) is 60.7 Å². The molecule has 1 unspecified atom stereocenters. The molecule has 6 nitrogen and oxygen atoms in total. The van der Waals surface area contributed by atoms with Gasteiger partial charge in [-0.25, -0.2) is 9.59 Å². The number of nitriles is 1. The van der Waals surface area contributed by atoms with Gasteiger partial charge in [-0.15, -0.1) is 0 Å². The van der Waals surface area contributed by atoms with Gasteiger partial charge in [-0.1, -0.05) is 36.4 Å². The Morgan fingerprint density at radius 3 is 2.12 bits per heavy atom. The first-order valence-corrected chi connectivity index (χ1v) is 7.20. The van der Waals surface area contributed by atoms with Crippen LogP contribution in [0.2, 0.25) is 0 Å². The van der Waals surface area contributed by atoms with E-state index < -0.39 is 24.6 Å². The third-order valence-corrected chi connectivity index (χ3v) is 2.88. The normalized spacial score (nSPS) is 11.0. The second-order valence-corrected chi connectivity index (χ2v) is 4.68. The number of esters is 2. The largest absolute Gasteiger partial charge is 0.482 e. The van der Waals surface area contributed by atoms with Gasteiger partial charge >= 0.3 is 11.9 Å². The summed E-state index contributed by atoms with van der Waals surface area (Å²) in [6.07, 6.45) is -1.42. The molecule has 0 heterocycles. The lowest BCUT2D eigenvalue weighted by molar-refractivity contribution is -0.166. The number of carbonyl (C=O) groups excluding carboxylic acids is 2. The summed E-state index contributed by atoms with van der Waals surface area (Å²) in [5.41, 5.74) is 0. The van der Waals surface area contributed by atoms with Crippen molar-refractivity contribution in [1.82, 2.24) is 0 Å². The van der Waals surface area contributed by atoms with Gasteiger partial charge in [0.05, 0.1) is 12.5 Å². The maximum Gasteiger partial charge on any atom is 0.356 e. The quantitative estimate of drug-likeness (QED) is 0.574. The third kappa shape index (κ3) is 5.46. The fourth-order valence-electron chi connectivity index (χ4n) is 1.79. The number of hydrogen-bond acceptors (Lipinski definition) is 6. The highest BCUT2D eigenvalue weighted by Crippen LogP contribution is 2.13. The van der Waals surface area contributed by atoms with Gasteiger partial charge in [0.1, 0.15) is 11.5 Å². The van der Waals surface area contributed by atoms with E-state index in [9.17, 15) is 9.59 Å². The van der Waals surface area contributed by atoms with Crippen LogP contribution in [0.25, 0.3) is 0 Å². The molecule has 0 radical (unpaired) electrons. The first-order valence-electron chi connectivity index (χ1n) is 7.20. The predicted molar refractivity (Wildman–Crippen MR) is 84.1 cm³/mol. The van der Waals surface area contributed by atoms with Crippen LogP contribution in [-0.2, 0) is 14.3 Å². The zero-order valence-electron chi connectivity index (χ0n) is 12.8. The fraction of sp³-hybridized carbons (Fsp3) is 0.167. The maximum absolute atomic E-state index is 12.0. The van der Waals surface area contributed by atoms with Gasteiger partial charge in [0.2, 0.25) is 6.10 Å². The number of hydrogen-bond donors (Lipinski definition) is 0. The Bertz CT molecular complexity index is 709. The van der Waals surface area contributed by atoms with E-state index in [-0.39, 0.29) is 6.42 Å². The summed E-state index contributed by atoms with van der Waals surface area (Å²) in [5.74, 6) is -0.899. The zero-order chi connectivity index (χ0) is 17.2. The van der Waals surface area contributed by atoms with E-state index in [0.717, 1.165) is 0 Å². The summed E-state index contributed by atoms with van der Waals surface area (Å²) in [4.78, 5) is 23.7. The molecule has 0 aromatic heterocycles. The molecule has 0 amide bonds. The van der Waals surface area contributed by atoms with Gasteiger partial charge in [0.25, 0.3) is 0 Å². The monoisotopic (exact) mass is 325 g/mol. The van der Waals surface area contributed by atoms with Crippen molar-refractivity contribution in [1.29, 1.82) is 5.26 Å². The number of nitrogens with zero attached hydrogens (tertiary/aromatic N) is 1. The summed E-state index contributed by atoms with van der Waals surface area (Å²) >= 11 is 0. The third-order valence-electron chi connectivity index (χ3n) is 2.88. The van der Waals surface area contributed by atoms with Crippen LogP contribution in [0.4, 0.5) is 0 Å². The number of ether oxygens (including phenoxy) is 3. The molecule has 6 heteroatoms. The van der Waals surface area contributed by atoms with E-state index in [1.165, 1.54) is 0 Å². The summed E-state index contributed by atoms with van der Waals surface area (Å²) in [7, 11) is 0. The van der Waals surface area contributed by atoms with Gasteiger partial charge < -0.3 is 14.2 Å². The summed E-state index contributed by atoms with van der Waals surface area (Å²) < 4.78 is 15.3. The minimum Gasteiger partial charge on any atom is -0.482 e. The van der Waals surface area contributed by atoms with E-state index in [1.807, 2.05) is 12.1 Å². The summed E-state index contributed by atoms with van der Waals surface area (Å²) in [5, 5.41) is 8.80. The molecule has 0 aliphatic carbocycles. The molecule has 0 aliphatic rings. The number of para-hydroxylation sites is 2. The molecule has 2 aromatic rings. The van der Waals surface area contributed by atoms with E-state index >= 15 is 0 Å². The van der Waals surface area contributed by atoms with E-state index in [2.05, 4.69) is 4.74 Å². The van der Waals surface area contributed by atoms with Gasteiger partial charge in [0.15, 0.2) is 6.61 Å². The topological polar surface area (TPSA) is 85.6 Å². The Kier molecular flexibility index (Phi) is 6.35. The summed E-state index contributed by atoms with van der Waals surface area (Å²) in [6.45, 7) is -0.416. The number of carbonyl (C=O) groups is 2. The molecule has 0 bridgehead atoms.